The average Bonchev–Trinajstić information content (AvgIpc) is 2.05. The summed E-state index contributed by atoms with van der Waals surface area (Å²) in [5.41, 5.74) is 7.36. The van der Waals surface area contributed by atoms with Crippen LogP contribution < -0.4 is 5.73 Å². The van der Waals surface area contributed by atoms with Gasteiger partial charge in [0.15, 0.2) is 0 Å². The summed E-state index contributed by atoms with van der Waals surface area (Å²) in [5.74, 6) is 2.54. The fourth-order valence-corrected chi connectivity index (χ4v) is 1.09. The molecule has 0 aliphatic carbocycles. The van der Waals surface area contributed by atoms with Crippen LogP contribution in [-0.4, -0.2) is 4.99 Å². The van der Waals surface area contributed by atoms with Crippen LogP contribution in [0.25, 0.3) is 0 Å². The number of benzene rings is 1. The molecule has 0 saturated heterocycles. The van der Waals surface area contributed by atoms with Gasteiger partial charge in [0.05, 0.1) is 4.99 Å². The predicted octanol–water partition coefficient (Wildman–Crippen LogP) is 1.50. The largest absolute Gasteiger partial charge is 0.393 e. The summed E-state index contributed by atoms with van der Waals surface area (Å²) >= 11 is 4.78. The Hall–Kier alpha value is -1.33. The van der Waals surface area contributed by atoms with Crippen molar-refractivity contribution in [2.45, 2.75) is 6.42 Å². The van der Waals surface area contributed by atoms with Gasteiger partial charge in [-0.05, 0) is 17.7 Å². The lowest BCUT2D eigenvalue weighted by Gasteiger charge is -1.98. The van der Waals surface area contributed by atoms with Gasteiger partial charge in [-0.15, -0.1) is 6.42 Å². The molecule has 1 aromatic rings. The lowest BCUT2D eigenvalue weighted by atomic mass is 10.1. The zero-order valence-corrected chi connectivity index (χ0v) is 7.40. The highest BCUT2D eigenvalue weighted by atomic mass is 32.1. The first kappa shape index (κ1) is 8.76. The van der Waals surface area contributed by atoms with Crippen molar-refractivity contribution in [3.05, 3.63) is 35.4 Å². The molecule has 2 N–H and O–H groups in total. The molecule has 2 heteroatoms. The van der Waals surface area contributed by atoms with Crippen molar-refractivity contribution < 1.29 is 0 Å². The van der Waals surface area contributed by atoms with Gasteiger partial charge < -0.3 is 5.73 Å². The minimum atomic E-state index is 0.503. The molecule has 1 aromatic carbocycles. The van der Waals surface area contributed by atoms with E-state index in [1.165, 1.54) is 0 Å². The topological polar surface area (TPSA) is 26.0 Å². The Labute approximate surface area is 77.6 Å². The van der Waals surface area contributed by atoms with Crippen molar-refractivity contribution in [3.63, 3.8) is 0 Å². The summed E-state index contributed by atoms with van der Waals surface area (Å²) in [4.78, 5) is 0.503. The minimum Gasteiger partial charge on any atom is -0.393 e. The second kappa shape index (κ2) is 3.89. The highest BCUT2D eigenvalue weighted by molar-refractivity contribution is 7.80. The Balaban J connectivity index is 2.80. The van der Waals surface area contributed by atoms with E-state index in [4.69, 9.17) is 24.4 Å². The van der Waals surface area contributed by atoms with Crippen molar-refractivity contribution in [1.82, 2.24) is 0 Å². The van der Waals surface area contributed by atoms with E-state index in [1.54, 1.807) is 0 Å². The van der Waals surface area contributed by atoms with E-state index in [-0.39, 0.29) is 0 Å². The number of thiocarbonyl (C=S) groups is 1. The van der Waals surface area contributed by atoms with Crippen LogP contribution in [0.4, 0.5) is 0 Å². The molecule has 0 atom stereocenters. The van der Waals surface area contributed by atoms with Gasteiger partial charge in [-0.25, -0.2) is 0 Å². The Morgan fingerprint density at radius 3 is 2.42 bits per heavy atom. The first-order valence-electron chi connectivity index (χ1n) is 3.56. The molecule has 0 bridgehead atoms. The van der Waals surface area contributed by atoms with Gasteiger partial charge in [-0.1, -0.05) is 30.3 Å². The highest BCUT2D eigenvalue weighted by Crippen LogP contribution is 2.03. The Morgan fingerprint density at radius 1 is 1.42 bits per heavy atom. The molecule has 60 valence electrons. The van der Waals surface area contributed by atoms with Crippen LogP contribution in [-0.2, 0) is 6.42 Å². The van der Waals surface area contributed by atoms with E-state index in [1.807, 2.05) is 24.3 Å². The maximum absolute atomic E-state index is 5.39. The van der Waals surface area contributed by atoms with E-state index < -0.39 is 0 Å². The van der Waals surface area contributed by atoms with E-state index >= 15 is 0 Å². The summed E-state index contributed by atoms with van der Waals surface area (Å²) in [7, 11) is 0. The summed E-state index contributed by atoms with van der Waals surface area (Å²) < 4.78 is 0. The molecule has 1 rings (SSSR count). The predicted molar refractivity (Wildman–Crippen MR) is 54.9 cm³/mol. The molecule has 0 fully saturated rings. The molecule has 0 amide bonds. The van der Waals surface area contributed by atoms with Crippen LogP contribution >= 0.6 is 12.2 Å². The number of terminal acetylenes is 1. The van der Waals surface area contributed by atoms with E-state index in [0.29, 0.717) is 11.4 Å². The van der Waals surface area contributed by atoms with Crippen LogP contribution in [0.15, 0.2) is 24.3 Å². The van der Waals surface area contributed by atoms with Crippen LogP contribution in [0, 0.1) is 12.3 Å². The zero-order valence-electron chi connectivity index (χ0n) is 6.58. The zero-order chi connectivity index (χ0) is 8.97. The average molecular weight is 175 g/mol. The molecule has 0 aromatic heterocycles. The minimum absolute atomic E-state index is 0.503. The van der Waals surface area contributed by atoms with Gasteiger partial charge in [0, 0.05) is 12.0 Å². The van der Waals surface area contributed by atoms with Gasteiger partial charge in [-0.3, -0.25) is 0 Å². The van der Waals surface area contributed by atoms with E-state index in [0.717, 1.165) is 11.1 Å². The molecule has 1 nitrogen and oxygen atoms in total. The summed E-state index contributed by atoms with van der Waals surface area (Å²) in [6.07, 6.45) is 5.84. The van der Waals surface area contributed by atoms with Crippen LogP contribution in [0.1, 0.15) is 11.1 Å². The molecule has 0 heterocycles. The van der Waals surface area contributed by atoms with E-state index in [9.17, 15) is 0 Å². The molecular formula is C10H9NS. The molecular weight excluding hydrogens is 166 g/mol. The van der Waals surface area contributed by atoms with Gasteiger partial charge in [0.2, 0.25) is 0 Å². The summed E-state index contributed by atoms with van der Waals surface area (Å²) in [6.45, 7) is 0. The third-order valence-corrected chi connectivity index (χ3v) is 1.64. The normalized spacial score (nSPS) is 8.92. The molecule has 0 saturated carbocycles. The number of hydrogen-bond acceptors (Lipinski definition) is 1. The molecule has 0 aliphatic heterocycles. The molecule has 12 heavy (non-hydrogen) atoms. The molecule has 0 aliphatic rings. The Kier molecular flexibility index (Phi) is 2.84. The lowest BCUT2D eigenvalue weighted by molar-refractivity contribution is 1.32. The third kappa shape index (κ3) is 2.37. The van der Waals surface area contributed by atoms with Crippen LogP contribution in [0.5, 0.6) is 0 Å². The number of hydrogen-bond donors (Lipinski definition) is 1. The number of nitrogens with two attached hydrogens (primary N) is 1. The van der Waals surface area contributed by atoms with Crippen LogP contribution in [0.2, 0.25) is 0 Å². The van der Waals surface area contributed by atoms with E-state index in [2.05, 4.69) is 5.92 Å². The van der Waals surface area contributed by atoms with Gasteiger partial charge in [0.25, 0.3) is 0 Å². The monoisotopic (exact) mass is 175 g/mol. The van der Waals surface area contributed by atoms with Crippen molar-refractivity contribution >= 4 is 17.2 Å². The Morgan fingerprint density at radius 2 is 2.00 bits per heavy atom. The standard InChI is InChI=1S/C10H9NS/c1-2-8-3-5-9(6-4-8)7-10(11)12/h1,3-6H,7H2,(H2,11,12). The number of rotatable bonds is 2. The lowest BCUT2D eigenvalue weighted by Crippen LogP contribution is -2.10. The van der Waals surface area contributed by atoms with Gasteiger partial charge >= 0.3 is 0 Å². The van der Waals surface area contributed by atoms with Crippen LogP contribution in [0.3, 0.4) is 0 Å². The second-order valence-corrected chi connectivity index (χ2v) is 3.01. The fourth-order valence-electron chi connectivity index (χ4n) is 0.920. The summed E-state index contributed by atoms with van der Waals surface area (Å²) in [6, 6.07) is 7.64. The smallest absolute Gasteiger partial charge is 0.0771 e. The maximum atomic E-state index is 5.39. The first-order valence-corrected chi connectivity index (χ1v) is 3.97. The van der Waals surface area contributed by atoms with Crippen molar-refractivity contribution in [2.24, 2.45) is 5.73 Å². The van der Waals surface area contributed by atoms with Crippen molar-refractivity contribution in [2.75, 3.05) is 0 Å². The third-order valence-electron chi connectivity index (χ3n) is 1.50. The molecule has 0 radical (unpaired) electrons. The van der Waals surface area contributed by atoms with Gasteiger partial charge in [0.1, 0.15) is 0 Å². The fraction of sp³-hybridized carbons (Fsp3) is 0.100. The maximum Gasteiger partial charge on any atom is 0.0771 e. The Bertz CT molecular complexity index is 319. The van der Waals surface area contributed by atoms with Crippen molar-refractivity contribution in [3.8, 4) is 12.3 Å². The highest BCUT2D eigenvalue weighted by Gasteiger charge is 1.93. The quantitative estimate of drug-likeness (QED) is 0.544. The van der Waals surface area contributed by atoms with Crippen molar-refractivity contribution in [1.29, 1.82) is 0 Å². The summed E-state index contributed by atoms with van der Waals surface area (Å²) in [5, 5.41) is 0. The molecule has 0 unspecified atom stereocenters. The second-order valence-electron chi connectivity index (χ2n) is 2.48. The first-order chi connectivity index (χ1) is 5.72. The molecule has 0 spiro atoms. The van der Waals surface area contributed by atoms with Gasteiger partial charge in [-0.2, -0.15) is 0 Å². The SMILES string of the molecule is C#Cc1ccc(CC(N)=S)cc1.